The number of nitrogens with zero attached hydrogens (tertiary/aromatic N) is 7. The summed E-state index contributed by atoms with van der Waals surface area (Å²) in [5.41, 5.74) is 2.91. The minimum absolute atomic E-state index is 0. The molecule has 31 heavy (non-hydrogen) atoms. The summed E-state index contributed by atoms with van der Waals surface area (Å²) in [6, 6.07) is 10.0. The molecule has 0 atom stereocenters. The lowest BCUT2D eigenvalue weighted by molar-refractivity contribution is -0.120. The molecule has 10 heteroatoms. The van der Waals surface area contributed by atoms with E-state index in [1.807, 2.05) is 60.2 Å². The molecule has 2 aromatic heterocycles. The largest absolute Gasteiger partial charge is 0.356 e. The molecule has 1 saturated heterocycles. The molecule has 1 N–H and O–H groups in total. The van der Waals surface area contributed by atoms with Crippen LogP contribution in [-0.2, 0) is 18.4 Å². The molecule has 1 amide bonds. The van der Waals surface area contributed by atoms with Crippen LogP contribution in [0.15, 0.2) is 60.1 Å². The minimum atomic E-state index is 0. The highest BCUT2D eigenvalue weighted by molar-refractivity contribution is 14.0. The number of aliphatic imine (C=N–C) groups is 1. The number of hydrogen-bond donors (Lipinski definition) is 1. The van der Waals surface area contributed by atoms with Crippen LogP contribution in [0.2, 0.25) is 0 Å². The Balaban J connectivity index is 0.00000272. The van der Waals surface area contributed by atoms with Gasteiger partial charge in [-0.25, -0.2) is 9.67 Å². The molecule has 0 aliphatic carbocycles. The van der Waals surface area contributed by atoms with Crippen molar-refractivity contribution in [3.63, 3.8) is 0 Å². The number of hydrogen-bond acceptors (Lipinski definition) is 4. The summed E-state index contributed by atoms with van der Waals surface area (Å²) in [5, 5.41) is 11.8. The van der Waals surface area contributed by atoms with E-state index in [4.69, 9.17) is 4.99 Å². The van der Waals surface area contributed by atoms with Crippen molar-refractivity contribution in [2.75, 3.05) is 31.1 Å². The molecule has 1 aromatic carbocycles. The zero-order valence-corrected chi connectivity index (χ0v) is 20.0. The molecule has 1 fully saturated rings. The van der Waals surface area contributed by atoms with Crippen molar-refractivity contribution in [1.82, 2.24) is 29.8 Å². The van der Waals surface area contributed by atoms with Gasteiger partial charge in [-0.15, -0.1) is 24.0 Å². The van der Waals surface area contributed by atoms with Gasteiger partial charge < -0.3 is 15.1 Å². The average Bonchev–Trinajstić information content (AvgIpc) is 3.43. The van der Waals surface area contributed by atoms with Gasteiger partial charge in [-0.1, -0.05) is 12.1 Å². The van der Waals surface area contributed by atoms with Crippen LogP contribution >= 0.6 is 24.0 Å². The number of carbonyl (C=O) groups is 1. The second-order valence-electron chi connectivity index (χ2n) is 7.13. The Morgan fingerprint density at radius 3 is 2.74 bits per heavy atom. The van der Waals surface area contributed by atoms with Gasteiger partial charge in [-0.3, -0.25) is 9.48 Å². The van der Waals surface area contributed by atoms with Gasteiger partial charge in [-0.05, 0) is 30.7 Å². The second kappa shape index (κ2) is 10.4. The van der Waals surface area contributed by atoms with Crippen molar-refractivity contribution in [3.05, 3.63) is 60.7 Å². The number of amides is 1. The number of piperazine rings is 1. The lowest BCUT2D eigenvalue weighted by Crippen LogP contribution is -2.55. The van der Waals surface area contributed by atoms with Crippen molar-refractivity contribution in [2.45, 2.75) is 13.5 Å². The van der Waals surface area contributed by atoms with E-state index in [2.05, 4.69) is 21.6 Å². The third-order valence-corrected chi connectivity index (χ3v) is 4.95. The standard InChI is InChI=1S/C21H26N8O.HI/c1-3-22-21(23-13-17-6-4-7-18(12-17)29-9-5-8-24-29)27-10-11-28(20(30)16-27)19-14-25-26(2)15-19;/h4-9,12,14-15H,3,10-11,13,16H2,1-2H3,(H,22,23);1H. The maximum atomic E-state index is 12.7. The highest BCUT2D eigenvalue weighted by Crippen LogP contribution is 2.16. The Hall–Kier alpha value is -2.89. The van der Waals surface area contributed by atoms with Gasteiger partial charge in [0.1, 0.15) is 6.54 Å². The minimum Gasteiger partial charge on any atom is -0.356 e. The van der Waals surface area contributed by atoms with Gasteiger partial charge in [0.05, 0.1) is 24.1 Å². The number of nitrogens with one attached hydrogen (secondary N) is 1. The summed E-state index contributed by atoms with van der Waals surface area (Å²) < 4.78 is 3.53. The zero-order chi connectivity index (χ0) is 20.9. The molecule has 1 aliphatic heterocycles. The number of aryl methyl sites for hydroxylation is 1. The van der Waals surface area contributed by atoms with Crippen LogP contribution in [0, 0.1) is 0 Å². The third kappa shape index (κ3) is 5.43. The number of rotatable bonds is 5. The number of anilines is 1. The summed E-state index contributed by atoms with van der Waals surface area (Å²) in [4.78, 5) is 21.3. The van der Waals surface area contributed by atoms with E-state index >= 15 is 0 Å². The molecular formula is C21H27IN8O. The first-order valence-electron chi connectivity index (χ1n) is 10.1. The van der Waals surface area contributed by atoms with Gasteiger partial charge in [0, 0.05) is 45.3 Å². The van der Waals surface area contributed by atoms with Crippen LogP contribution in [0.5, 0.6) is 0 Å². The second-order valence-corrected chi connectivity index (χ2v) is 7.13. The van der Waals surface area contributed by atoms with E-state index in [9.17, 15) is 4.79 Å². The first-order chi connectivity index (χ1) is 14.6. The summed E-state index contributed by atoms with van der Waals surface area (Å²) in [6.45, 7) is 4.89. The first-order valence-corrected chi connectivity index (χ1v) is 10.1. The van der Waals surface area contributed by atoms with Gasteiger partial charge in [0.15, 0.2) is 5.96 Å². The molecule has 9 nitrogen and oxygen atoms in total. The normalized spacial score (nSPS) is 14.5. The predicted octanol–water partition coefficient (Wildman–Crippen LogP) is 2.04. The van der Waals surface area contributed by atoms with Crippen LogP contribution in [0.1, 0.15) is 12.5 Å². The van der Waals surface area contributed by atoms with E-state index in [1.165, 1.54) is 0 Å². The van der Waals surface area contributed by atoms with Crippen molar-refractivity contribution in [3.8, 4) is 5.69 Å². The highest BCUT2D eigenvalue weighted by atomic mass is 127. The molecule has 0 saturated carbocycles. The molecule has 1 aliphatic rings. The van der Waals surface area contributed by atoms with Gasteiger partial charge in [-0.2, -0.15) is 10.2 Å². The lowest BCUT2D eigenvalue weighted by atomic mass is 10.2. The Labute approximate surface area is 198 Å². The SMILES string of the molecule is CCNC(=NCc1cccc(-n2cccn2)c1)N1CCN(c2cnn(C)c2)C(=O)C1.I. The zero-order valence-electron chi connectivity index (χ0n) is 17.7. The predicted molar refractivity (Wildman–Crippen MR) is 131 cm³/mol. The van der Waals surface area contributed by atoms with Crippen molar-refractivity contribution in [1.29, 1.82) is 0 Å². The number of aromatic nitrogens is 4. The Morgan fingerprint density at radius 1 is 1.19 bits per heavy atom. The molecule has 164 valence electrons. The average molecular weight is 534 g/mol. The Kier molecular flexibility index (Phi) is 7.66. The molecule has 3 aromatic rings. The highest BCUT2D eigenvalue weighted by Gasteiger charge is 2.27. The monoisotopic (exact) mass is 534 g/mol. The maximum absolute atomic E-state index is 12.7. The van der Waals surface area contributed by atoms with Gasteiger partial charge in [0.2, 0.25) is 5.91 Å². The van der Waals surface area contributed by atoms with E-state index in [0.29, 0.717) is 19.6 Å². The van der Waals surface area contributed by atoms with E-state index in [1.54, 1.807) is 22.0 Å². The third-order valence-electron chi connectivity index (χ3n) is 4.95. The van der Waals surface area contributed by atoms with Crippen LogP contribution in [0.4, 0.5) is 5.69 Å². The van der Waals surface area contributed by atoms with Gasteiger partial charge in [0.25, 0.3) is 0 Å². The molecule has 0 bridgehead atoms. The molecule has 0 spiro atoms. The van der Waals surface area contributed by atoms with Crippen LogP contribution in [0.3, 0.4) is 0 Å². The summed E-state index contributed by atoms with van der Waals surface area (Å²) in [6.07, 6.45) is 7.26. The fraction of sp³-hybridized carbons (Fsp3) is 0.333. The van der Waals surface area contributed by atoms with Crippen molar-refractivity contribution >= 4 is 41.5 Å². The maximum Gasteiger partial charge on any atom is 0.246 e. The molecular weight excluding hydrogens is 507 g/mol. The molecule has 4 rings (SSSR count). The fourth-order valence-electron chi connectivity index (χ4n) is 3.49. The van der Waals surface area contributed by atoms with E-state index < -0.39 is 0 Å². The van der Waals surface area contributed by atoms with Crippen molar-refractivity contribution in [2.24, 2.45) is 12.0 Å². The quantitative estimate of drug-likeness (QED) is 0.308. The van der Waals surface area contributed by atoms with Crippen molar-refractivity contribution < 1.29 is 4.79 Å². The summed E-state index contributed by atoms with van der Waals surface area (Å²) in [5.74, 6) is 0.793. The summed E-state index contributed by atoms with van der Waals surface area (Å²) >= 11 is 0. The van der Waals surface area contributed by atoms with E-state index in [0.717, 1.165) is 29.4 Å². The Bertz CT molecular complexity index is 1030. The smallest absolute Gasteiger partial charge is 0.246 e. The van der Waals surface area contributed by atoms with Gasteiger partial charge >= 0.3 is 0 Å². The number of halogens is 1. The number of benzene rings is 1. The van der Waals surface area contributed by atoms with E-state index in [-0.39, 0.29) is 36.4 Å². The Morgan fingerprint density at radius 2 is 2.06 bits per heavy atom. The number of carbonyl (C=O) groups excluding carboxylic acids is 1. The van der Waals surface area contributed by atoms with Crippen LogP contribution in [-0.4, -0.2) is 62.5 Å². The topological polar surface area (TPSA) is 83.6 Å². The molecule has 3 heterocycles. The summed E-state index contributed by atoms with van der Waals surface area (Å²) in [7, 11) is 1.85. The van der Waals surface area contributed by atoms with Crippen LogP contribution in [0.25, 0.3) is 5.69 Å². The fourth-order valence-corrected chi connectivity index (χ4v) is 3.49. The lowest BCUT2D eigenvalue weighted by Gasteiger charge is -2.35. The first kappa shape index (κ1) is 22.8. The molecule has 0 radical (unpaired) electrons. The molecule has 0 unspecified atom stereocenters. The number of guanidine groups is 1. The van der Waals surface area contributed by atoms with Crippen LogP contribution < -0.4 is 10.2 Å².